The smallest absolute Gasteiger partial charge is 0.325 e. The third kappa shape index (κ3) is 4.39. The molecule has 9 nitrogen and oxygen atoms in total. The number of nitrogens with zero attached hydrogens (tertiary/aromatic N) is 1. The average Bonchev–Trinajstić information content (AvgIpc) is 2.94. The fourth-order valence-corrected chi connectivity index (χ4v) is 3.78. The number of hydrogen-bond acceptors (Lipinski definition) is 6. The van der Waals surface area contributed by atoms with Crippen molar-refractivity contribution in [2.45, 2.75) is 13.5 Å². The Morgan fingerprint density at radius 3 is 2.63 bits per heavy atom. The number of halogens is 1. The van der Waals surface area contributed by atoms with E-state index in [0.29, 0.717) is 15.9 Å². The van der Waals surface area contributed by atoms with Gasteiger partial charge in [-0.1, -0.05) is 11.6 Å². The Balaban J connectivity index is 2.41. The molecule has 0 saturated carbocycles. The van der Waals surface area contributed by atoms with Crippen molar-refractivity contribution in [2.24, 2.45) is 0 Å². The summed E-state index contributed by atoms with van der Waals surface area (Å²) in [5, 5.41) is 0.738. The van der Waals surface area contributed by atoms with Gasteiger partial charge >= 0.3 is 5.97 Å². The summed E-state index contributed by atoms with van der Waals surface area (Å²) in [5.41, 5.74) is -0.00121. The van der Waals surface area contributed by atoms with Crippen LogP contribution in [0.5, 0.6) is 0 Å². The third-order valence-electron chi connectivity index (χ3n) is 4.20. The van der Waals surface area contributed by atoms with E-state index in [2.05, 4.69) is 4.98 Å². The number of benzene rings is 1. The Morgan fingerprint density at radius 1 is 1.27 bits per heavy atom. The van der Waals surface area contributed by atoms with Gasteiger partial charge in [0.2, 0.25) is 10.0 Å². The Bertz CT molecular complexity index is 1310. The van der Waals surface area contributed by atoms with Crippen LogP contribution in [0.3, 0.4) is 0 Å². The highest BCUT2D eigenvalue weighted by Gasteiger charge is 2.28. The average molecular weight is 452 g/mol. The molecule has 1 aromatic carbocycles. The van der Waals surface area contributed by atoms with E-state index in [1.807, 2.05) is 4.72 Å². The third-order valence-corrected chi connectivity index (χ3v) is 4.99. The van der Waals surface area contributed by atoms with E-state index in [-0.39, 0.29) is 30.0 Å². The van der Waals surface area contributed by atoms with Crippen molar-refractivity contribution >= 4 is 44.4 Å². The minimum atomic E-state index is -3.92. The molecule has 3 aromatic rings. The number of H-pyrrole nitrogens is 1. The minimum Gasteiger partial charge on any atom is -0.465 e. The summed E-state index contributed by atoms with van der Waals surface area (Å²) in [7, 11) is -3.92. The number of carbonyl (C=O) groups excluding carboxylic acids is 2. The first-order valence-electron chi connectivity index (χ1n) is 8.80. The van der Waals surface area contributed by atoms with Crippen molar-refractivity contribution in [2.75, 3.05) is 12.9 Å². The fraction of sp³-hybridized carbons (Fsp3) is 0.211. The van der Waals surface area contributed by atoms with Crippen LogP contribution in [0.15, 0.2) is 41.3 Å². The van der Waals surface area contributed by atoms with E-state index in [9.17, 15) is 22.8 Å². The van der Waals surface area contributed by atoms with Crippen LogP contribution in [-0.4, -0.2) is 42.7 Å². The number of ether oxygens (including phenoxy) is 1. The number of aromatic amines is 1. The number of rotatable bonds is 6. The molecule has 0 bridgehead atoms. The van der Waals surface area contributed by atoms with Gasteiger partial charge in [-0.15, -0.1) is 0 Å². The Morgan fingerprint density at radius 2 is 2.00 bits per heavy atom. The first-order valence-corrected chi connectivity index (χ1v) is 11.1. The second-order valence-corrected chi connectivity index (χ2v) is 8.58. The van der Waals surface area contributed by atoms with Crippen LogP contribution in [0.4, 0.5) is 0 Å². The summed E-state index contributed by atoms with van der Waals surface area (Å²) >= 11 is 6.14. The standard InChI is InChI=1S/C19H18ClN3O6S/c1-3-29-15(24)10-23-14-7-6-11(20)9-13(14)16(12-5-4-8-21-18(12)25)17(23)19(26)22-30(2,27)28/h4-9H,3,10H2,1-2H3,(H,21,25)(H,22,26). The van der Waals surface area contributed by atoms with Crippen LogP contribution in [0.2, 0.25) is 5.02 Å². The van der Waals surface area contributed by atoms with Crippen molar-refractivity contribution in [1.29, 1.82) is 0 Å². The topological polar surface area (TPSA) is 127 Å². The first-order chi connectivity index (χ1) is 14.1. The molecule has 0 fully saturated rings. The molecule has 0 aliphatic carbocycles. The highest BCUT2D eigenvalue weighted by Crippen LogP contribution is 2.35. The molecule has 0 atom stereocenters. The first kappa shape index (κ1) is 21.6. The summed E-state index contributed by atoms with van der Waals surface area (Å²) in [6.07, 6.45) is 2.25. The zero-order valence-corrected chi connectivity index (χ0v) is 17.6. The second kappa shape index (κ2) is 8.33. The lowest BCUT2D eigenvalue weighted by Gasteiger charge is -2.11. The van der Waals surface area contributed by atoms with Crippen molar-refractivity contribution < 1.29 is 22.7 Å². The minimum absolute atomic E-state index is 0.117. The number of nitrogens with one attached hydrogen (secondary N) is 2. The molecule has 2 N–H and O–H groups in total. The maximum Gasteiger partial charge on any atom is 0.325 e. The summed E-state index contributed by atoms with van der Waals surface area (Å²) in [5.74, 6) is -1.63. The van der Waals surface area contributed by atoms with Crippen LogP contribution in [0.25, 0.3) is 22.0 Å². The molecule has 0 aliphatic heterocycles. The number of aromatic nitrogens is 2. The van der Waals surface area contributed by atoms with Gasteiger partial charge < -0.3 is 14.3 Å². The van der Waals surface area contributed by atoms with Crippen LogP contribution in [0.1, 0.15) is 17.4 Å². The summed E-state index contributed by atoms with van der Waals surface area (Å²) in [6, 6.07) is 7.73. The van der Waals surface area contributed by atoms with E-state index >= 15 is 0 Å². The lowest BCUT2D eigenvalue weighted by Crippen LogP contribution is -2.32. The number of fused-ring (bicyclic) bond motifs is 1. The van der Waals surface area contributed by atoms with Crippen molar-refractivity contribution in [1.82, 2.24) is 14.3 Å². The molecular weight excluding hydrogens is 434 g/mol. The van der Waals surface area contributed by atoms with Gasteiger partial charge in [0, 0.05) is 33.2 Å². The molecule has 2 heterocycles. The zero-order valence-electron chi connectivity index (χ0n) is 16.1. The lowest BCUT2D eigenvalue weighted by atomic mass is 10.0. The van der Waals surface area contributed by atoms with E-state index in [1.165, 1.54) is 22.9 Å². The Hall–Kier alpha value is -3.11. The molecule has 0 saturated heterocycles. The van der Waals surface area contributed by atoms with E-state index in [4.69, 9.17) is 16.3 Å². The molecule has 3 rings (SSSR count). The highest BCUT2D eigenvalue weighted by molar-refractivity contribution is 7.89. The number of carbonyl (C=O) groups is 2. The number of hydrogen-bond donors (Lipinski definition) is 2. The molecule has 0 aliphatic rings. The maximum absolute atomic E-state index is 13.0. The van der Waals surface area contributed by atoms with Crippen molar-refractivity contribution in [3.05, 3.63) is 57.6 Å². The fourth-order valence-electron chi connectivity index (χ4n) is 3.17. The van der Waals surface area contributed by atoms with Crippen LogP contribution < -0.4 is 10.3 Å². The summed E-state index contributed by atoms with van der Waals surface area (Å²) < 4.78 is 31.6. The largest absolute Gasteiger partial charge is 0.465 e. The molecule has 0 unspecified atom stereocenters. The van der Waals surface area contributed by atoms with Gasteiger partial charge in [0.15, 0.2) is 0 Å². The SMILES string of the molecule is CCOC(=O)Cn1c(C(=O)NS(C)(=O)=O)c(-c2ccc[nH]c2=O)c2cc(Cl)ccc21. The predicted molar refractivity (Wildman–Crippen MR) is 112 cm³/mol. The maximum atomic E-state index is 13.0. The van der Waals surface area contributed by atoms with Gasteiger partial charge in [0.05, 0.1) is 12.9 Å². The zero-order chi connectivity index (χ0) is 22.1. The van der Waals surface area contributed by atoms with Gasteiger partial charge in [-0.2, -0.15) is 0 Å². The van der Waals surface area contributed by atoms with Crippen LogP contribution in [0, 0.1) is 0 Å². The molecular formula is C19H18ClN3O6S. The van der Waals surface area contributed by atoms with E-state index < -0.39 is 27.5 Å². The lowest BCUT2D eigenvalue weighted by molar-refractivity contribution is -0.143. The molecule has 1 amide bonds. The molecule has 158 valence electrons. The van der Waals surface area contributed by atoms with Crippen molar-refractivity contribution in [3.8, 4) is 11.1 Å². The number of sulfonamides is 1. The van der Waals surface area contributed by atoms with E-state index in [1.54, 1.807) is 25.1 Å². The number of pyridine rings is 1. The molecule has 11 heteroatoms. The van der Waals surface area contributed by atoms with Crippen molar-refractivity contribution in [3.63, 3.8) is 0 Å². The quantitative estimate of drug-likeness (QED) is 0.551. The van der Waals surface area contributed by atoms with Crippen LogP contribution in [-0.2, 0) is 26.1 Å². The van der Waals surface area contributed by atoms with Gasteiger partial charge in [-0.3, -0.25) is 14.4 Å². The van der Waals surface area contributed by atoms with Gasteiger partial charge in [0.1, 0.15) is 12.2 Å². The predicted octanol–water partition coefficient (Wildman–Crippen LogP) is 1.90. The molecule has 0 radical (unpaired) electrons. The van der Waals surface area contributed by atoms with Gasteiger partial charge in [-0.05, 0) is 37.3 Å². The Kier molecular flexibility index (Phi) is 5.99. The van der Waals surface area contributed by atoms with Crippen LogP contribution >= 0.6 is 11.6 Å². The number of amides is 1. The monoisotopic (exact) mass is 451 g/mol. The molecule has 0 spiro atoms. The summed E-state index contributed by atoms with van der Waals surface area (Å²) in [4.78, 5) is 40.2. The highest BCUT2D eigenvalue weighted by atomic mass is 35.5. The van der Waals surface area contributed by atoms with Gasteiger partial charge in [0.25, 0.3) is 11.5 Å². The number of esters is 1. The van der Waals surface area contributed by atoms with E-state index in [0.717, 1.165) is 6.26 Å². The molecule has 2 aromatic heterocycles. The normalized spacial score (nSPS) is 11.4. The summed E-state index contributed by atoms with van der Waals surface area (Å²) in [6.45, 7) is 1.39. The second-order valence-electron chi connectivity index (χ2n) is 6.39. The Labute approximate surface area is 176 Å². The van der Waals surface area contributed by atoms with Gasteiger partial charge in [-0.25, -0.2) is 13.1 Å². The molecule has 30 heavy (non-hydrogen) atoms.